The first-order valence-corrected chi connectivity index (χ1v) is 11.4. The minimum atomic E-state index is -0.499. The number of amides is 1. The molecule has 1 aliphatic carbocycles. The number of carbonyl (C=O) groups excluding carboxylic acids is 1. The highest BCUT2D eigenvalue weighted by Crippen LogP contribution is 2.45. The second kappa shape index (κ2) is 9.06. The molecule has 0 aromatic carbocycles. The third kappa shape index (κ3) is 4.16. The van der Waals surface area contributed by atoms with Crippen LogP contribution >= 0.6 is 22.7 Å². The van der Waals surface area contributed by atoms with Crippen LogP contribution in [0.25, 0.3) is 5.57 Å². The number of hydrogen-bond acceptors (Lipinski definition) is 4. The zero-order valence-corrected chi connectivity index (χ0v) is 18.9. The van der Waals surface area contributed by atoms with Crippen molar-refractivity contribution < 1.29 is 9.18 Å². The number of aliphatic imine (C=N–C) groups is 1. The molecule has 0 aliphatic heterocycles. The van der Waals surface area contributed by atoms with Crippen LogP contribution in [0.3, 0.4) is 0 Å². The summed E-state index contributed by atoms with van der Waals surface area (Å²) < 4.78 is 13.6. The van der Waals surface area contributed by atoms with E-state index in [-0.39, 0.29) is 17.9 Å². The summed E-state index contributed by atoms with van der Waals surface area (Å²) in [5.74, 6) is -0.575. The SMILES string of the molecule is C=C/C(F)=C\C(=C)C(=C)c1sc(C(=O)N[C@@H]2CCc3sccc32)c(C(C)C)c1N=C. The summed E-state index contributed by atoms with van der Waals surface area (Å²) in [7, 11) is 0. The number of halogens is 1. The average molecular weight is 441 g/mol. The summed E-state index contributed by atoms with van der Waals surface area (Å²) in [6.07, 6.45) is 4.28. The van der Waals surface area contributed by atoms with E-state index in [9.17, 15) is 9.18 Å². The predicted octanol–water partition coefficient (Wildman–Crippen LogP) is 7.29. The van der Waals surface area contributed by atoms with Crippen molar-refractivity contribution in [2.24, 2.45) is 4.99 Å². The zero-order valence-electron chi connectivity index (χ0n) is 17.3. The first-order valence-electron chi connectivity index (χ1n) is 9.67. The summed E-state index contributed by atoms with van der Waals surface area (Å²) in [4.78, 5) is 20.1. The van der Waals surface area contributed by atoms with Crippen LogP contribution in [0, 0.1) is 0 Å². The maximum atomic E-state index is 13.6. The molecule has 0 radical (unpaired) electrons. The van der Waals surface area contributed by atoms with Gasteiger partial charge in [0, 0.05) is 10.4 Å². The molecule has 1 amide bonds. The fraction of sp³-hybridized carbons (Fsp3) is 0.250. The third-order valence-electron chi connectivity index (χ3n) is 5.15. The van der Waals surface area contributed by atoms with Crippen molar-refractivity contribution in [3.8, 4) is 0 Å². The first-order chi connectivity index (χ1) is 14.3. The van der Waals surface area contributed by atoms with Gasteiger partial charge in [0.15, 0.2) is 0 Å². The van der Waals surface area contributed by atoms with Gasteiger partial charge < -0.3 is 5.32 Å². The van der Waals surface area contributed by atoms with Gasteiger partial charge in [0.1, 0.15) is 5.83 Å². The molecule has 3 nitrogen and oxygen atoms in total. The summed E-state index contributed by atoms with van der Waals surface area (Å²) in [5, 5.41) is 5.25. The van der Waals surface area contributed by atoms with E-state index >= 15 is 0 Å². The third-order valence-corrected chi connectivity index (χ3v) is 7.40. The Balaban J connectivity index is 1.97. The monoisotopic (exact) mass is 440 g/mol. The van der Waals surface area contributed by atoms with Gasteiger partial charge in [-0.15, -0.1) is 22.7 Å². The number of fused-ring (bicyclic) bond motifs is 1. The molecule has 0 unspecified atom stereocenters. The minimum absolute atomic E-state index is 0.0206. The Bertz CT molecular complexity index is 1070. The molecule has 30 heavy (non-hydrogen) atoms. The van der Waals surface area contributed by atoms with Crippen LogP contribution in [0.15, 0.2) is 59.7 Å². The Labute approximate surface area is 185 Å². The van der Waals surface area contributed by atoms with Crippen molar-refractivity contribution in [3.63, 3.8) is 0 Å². The van der Waals surface area contributed by atoms with E-state index in [0.717, 1.165) is 24.5 Å². The van der Waals surface area contributed by atoms with E-state index in [1.165, 1.54) is 27.9 Å². The summed E-state index contributed by atoms with van der Waals surface area (Å²) in [6.45, 7) is 19.1. The molecule has 156 valence electrons. The molecule has 0 spiro atoms. The fourth-order valence-electron chi connectivity index (χ4n) is 3.63. The van der Waals surface area contributed by atoms with Crippen LogP contribution in [-0.4, -0.2) is 12.6 Å². The molecule has 2 heterocycles. The molecule has 0 saturated carbocycles. The van der Waals surface area contributed by atoms with Crippen LogP contribution in [0.5, 0.6) is 0 Å². The molecular weight excluding hydrogens is 415 g/mol. The van der Waals surface area contributed by atoms with E-state index in [4.69, 9.17) is 0 Å². The number of aryl methyl sites for hydroxylation is 1. The lowest BCUT2D eigenvalue weighted by atomic mass is 9.98. The Morgan fingerprint density at radius 2 is 2.10 bits per heavy atom. The standard InChI is InChI=1S/C24H25FN2OS2/c1-7-16(25)12-14(4)15(5)22-21(26-6)20(13(2)3)23(30-22)24(28)27-18-8-9-19-17(18)10-11-29-19/h7,10-13,18H,1,4-6,8-9H2,2-3H3,(H,27,28)/b16-12+/t18-/m1/s1. The molecule has 0 bridgehead atoms. The number of allylic oxidation sites excluding steroid dienone is 5. The van der Waals surface area contributed by atoms with Crippen molar-refractivity contribution in [1.29, 1.82) is 0 Å². The number of thiophene rings is 2. The molecule has 6 heteroatoms. The molecule has 1 aliphatic rings. The van der Waals surface area contributed by atoms with Crippen LogP contribution in [-0.2, 0) is 6.42 Å². The molecule has 2 aromatic rings. The fourth-order valence-corrected chi connectivity index (χ4v) is 5.91. The normalized spacial score (nSPS) is 15.7. The van der Waals surface area contributed by atoms with E-state index < -0.39 is 5.83 Å². The van der Waals surface area contributed by atoms with Gasteiger partial charge in [0.2, 0.25) is 0 Å². The van der Waals surface area contributed by atoms with E-state index in [0.29, 0.717) is 26.6 Å². The van der Waals surface area contributed by atoms with Crippen LogP contribution in [0.4, 0.5) is 10.1 Å². The summed E-state index contributed by atoms with van der Waals surface area (Å²) in [5.41, 5.74) is 3.57. The number of hydrogen-bond donors (Lipinski definition) is 1. The summed E-state index contributed by atoms with van der Waals surface area (Å²) in [6, 6.07) is 2.11. The lowest BCUT2D eigenvalue weighted by molar-refractivity contribution is 0.0939. The molecule has 0 fully saturated rings. The average Bonchev–Trinajstić information content (AvgIpc) is 3.41. The highest BCUT2D eigenvalue weighted by Gasteiger charge is 2.30. The highest BCUT2D eigenvalue weighted by atomic mass is 32.1. The number of carbonyl (C=O) groups is 1. The Hall–Kier alpha value is -2.57. The quantitative estimate of drug-likeness (QED) is 0.340. The van der Waals surface area contributed by atoms with Crippen LogP contribution in [0.1, 0.15) is 62.8 Å². The van der Waals surface area contributed by atoms with Gasteiger partial charge >= 0.3 is 0 Å². The largest absolute Gasteiger partial charge is 0.344 e. The van der Waals surface area contributed by atoms with Gasteiger partial charge in [-0.3, -0.25) is 9.79 Å². The van der Waals surface area contributed by atoms with Gasteiger partial charge in [-0.25, -0.2) is 4.39 Å². The minimum Gasteiger partial charge on any atom is -0.344 e. The first kappa shape index (κ1) is 22.1. The zero-order chi connectivity index (χ0) is 22.0. The van der Waals surface area contributed by atoms with Crippen molar-refractivity contribution in [2.45, 2.75) is 38.6 Å². The number of rotatable bonds is 8. The Kier molecular flexibility index (Phi) is 6.68. The van der Waals surface area contributed by atoms with E-state index in [1.54, 1.807) is 11.3 Å². The van der Waals surface area contributed by atoms with Crippen LogP contribution < -0.4 is 5.32 Å². The van der Waals surface area contributed by atoms with Crippen LogP contribution in [0.2, 0.25) is 0 Å². The van der Waals surface area contributed by atoms with E-state index in [2.05, 4.69) is 48.2 Å². The second-order valence-corrected chi connectivity index (χ2v) is 9.46. The molecule has 0 saturated heterocycles. The highest BCUT2D eigenvalue weighted by molar-refractivity contribution is 7.16. The van der Waals surface area contributed by atoms with Gasteiger partial charge in [0.25, 0.3) is 5.91 Å². The predicted molar refractivity (Wildman–Crippen MR) is 128 cm³/mol. The topological polar surface area (TPSA) is 41.5 Å². The van der Waals surface area contributed by atoms with Crippen molar-refractivity contribution in [2.75, 3.05) is 0 Å². The van der Waals surface area contributed by atoms with Crippen molar-refractivity contribution in [3.05, 3.63) is 80.5 Å². The van der Waals surface area contributed by atoms with Crippen molar-refractivity contribution >= 4 is 46.6 Å². The maximum Gasteiger partial charge on any atom is 0.262 e. The van der Waals surface area contributed by atoms with Gasteiger partial charge in [-0.05, 0) is 65.8 Å². The van der Waals surface area contributed by atoms with Gasteiger partial charge in [0.05, 0.1) is 21.5 Å². The molecule has 1 N–H and O–H groups in total. The van der Waals surface area contributed by atoms with Gasteiger partial charge in [-0.2, -0.15) is 0 Å². The van der Waals surface area contributed by atoms with Gasteiger partial charge in [-0.1, -0.05) is 33.6 Å². The Morgan fingerprint density at radius 3 is 2.73 bits per heavy atom. The second-order valence-electron chi connectivity index (χ2n) is 7.44. The maximum absolute atomic E-state index is 13.6. The molecule has 3 rings (SSSR count). The molecular formula is C24H25FN2OS2. The molecule has 2 aromatic heterocycles. The number of nitrogens with one attached hydrogen (secondary N) is 1. The Morgan fingerprint density at radius 1 is 1.37 bits per heavy atom. The van der Waals surface area contributed by atoms with E-state index in [1.807, 2.05) is 13.8 Å². The number of nitrogens with zero attached hydrogens (tertiary/aromatic N) is 1. The van der Waals surface area contributed by atoms with Crippen molar-refractivity contribution in [1.82, 2.24) is 5.32 Å². The smallest absolute Gasteiger partial charge is 0.262 e. The lowest BCUT2D eigenvalue weighted by Crippen LogP contribution is -2.27. The summed E-state index contributed by atoms with van der Waals surface area (Å²) >= 11 is 3.04. The molecule has 1 atom stereocenters. The lowest BCUT2D eigenvalue weighted by Gasteiger charge is -2.14.